The Hall–Kier alpha value is -1.49. The van der Waals surface area contributed by atoms with Gasteiger partial charge in [-0.25, -0.2) is 14.4 Å². The van der Waals surface area contributed by atoms with Crippen molar-refractivity contribution < 1.29 is 4.39 Å². The van der Waals surface area contributed by atoms with Crippen molar-refractivity contribution >= 4 is 21.7 Å². The van der Waals surface area contributed by atoms with Gasteiger partial charge in [-0.15, -0.1) is 0 Å². The molecule has 3 nitrogen and oxygen atoms in total. The van der Waals surface area contributed by atoms with Gasteiger partial charge in [0, 0.05) is 27.8 Å². The summed E-state index contributed by atoms with van der Waals surface area (Å²) in [6, 6.07) is 4.97. The molecule has 0 amide bonds. The standard InChI is InChI=1S/C16H17BrFN3/c17-12-6-7-14(18)11(8-12)9-19-16-13-4-2-1-3-5-15(13)20-10-21-16/h6-8,10H,1-5,9H2,(H,19,20,21). The van der Waals surface area contributed by atoms with Gasteiger partial charge in [-0.2, -0.15) is 0 Å². The summed E-state index contributed by atoms with van der Waals surface area (Å²) in [4.78, 5) is 8.74. The van der Waals surface area contributed by atoms with Gasteiger partial charge in [0.25, 0.3) is 0 Å². The van der Waals surface area contributed by atoms with E-state index in [4.69, 9.17) is 0 Å². The number of halogens is 2. The number of rotatable bonds is 3. The molecule has 3 rings (SSSR count). The number of hydrogen-bond acceptors (Lipinski definition) is 3. The lowest BCUT2D eigenvalue weighted by Crippen LogP contribution is -2.09. The fraction of sp³-hybridized carbons (Fsp3) is 0.375. The molecule has 0 aliphatic heterocycles. The summed E-state index contributed by atoms with van der Waals surface area (Å²) in [6.45, 7) is 0.425. The Labute approximate surface area is 132 Å². The number of aromatic nitrogens is 2. The predicted octanol–water partition coefficient (Wildman–Crippen LogP) is 4.26. The number of hydrogen-bond donors (Lipinski definition) is 1. The maximum absolute atomic E-state index is 13.8. The van der Waals surface area contributed by atoms with Crippen LogP contribution in [0.3, 0.4) is 0 Å². The minimum atomic E-state index is -0.203. The van der Waals surface area contributed by atoms with Gasteiger partial charge in [-0.1, -0.05) is 22.4 Å². The number of fused-ring (bicyclic) bond motifs is 1. The first-order valence-electron chi connectivity index (χ1n) is 7.24. The molecule has 0 fully saturated rings. The van der Waals surface area contributed by atoms with E-state index in [0.717, 1.165) is 28.8 Å². The van der Waals surface area contributed by atoms with Crippen LogP contribution >= 0.6 is 15.9 Å². The Morgan fingerprint density at radius 2 is 2.00 bits per heavy atom. The fourth-order valence-corrected chi connectivity index (χ4v) is 3.12. The molecule has 0 saturated carbocycles. The van der Waals surface area contributed by atoms with Crippen LogP contribution in [0.15, 0.2) is 29.0 Å². The van der Waals surface area contributed by atoms with E-state index in [1.54, 1.807) is 18.5 Å². The van der Waals surface area contributed by atoms with Crippen LogP contribution in [0.5, 0.6) is 0 Å². The Morgan fingerprint density at radius 3 is 2.90 bits per heavy atom. The second-order valence-corrected chi connectivity index (χ2v) is 6.21. The number of anilines is 1. The smallest absolute Gasteiger partial charge is 0.133 e. The zero-order valence-corrected chi connectivity index (χ0v) is 13.3. The van der Waals surface area contributed by atoms with Crippen molar-refractivity contribution in [3.8, 4) is 0 Å². The van der Waals surface area contributed by atoms with Gasteiger partial charge in [0.15, 0.2) is 0 Å². The SMILES string of the molecule is Fc1ccc(Br)cc1CNc1ncnc2c1CCCCC2. The maximum Gasteiger partial charge on any atom is 0.133 e. The van der Waals surface area contributed by atoms with Crippen molar-refractivity contribution in [3.63, 3.8) is 0 Å². The van der Waals surface area contributed by atoms with Crippen LogP contribution in [-0.4, -0.2) is 9.97 Å². The highest BCUT2D eigenvalue weighted by molar-refractivity contribution is 9.10. The summed E-state index contributed by atoms with van der Waals surface area (Å²) >= 11 is 3.37. The Bertz CT molecular complexity index is 645. The molecule has 110 valence electrons. The molecule has 0 unspecified atom stereocenters. The van der Waals surface area contributed by atoms with Gasteiger partial charge in [-0.3, -0.25) is 0 Å². The van der Waals surface area contributed by atoms with Gasteiger partial charge >= 0.3 is 0 Å². The Morgan fingerprint density at radius 1 is 1.14 bits per heavy atom. The topological polar surface area (TPSA) is 37.8 Å². The van der Waals surface area contributed by atoms with Crippen molar-refractivity contribution in [3.05, 3.63) is 51.6 Å². The first-order valence-corrected chi connectivity index (χ1v) is 8.04. The number of nitrogens with one attached hydrogen (secondary N) is 1. The second kappa shape index (κ2) is 6.52. The molecule has 1 aliphatic rings. The molecular weight excluding hydrogens is 333 g/mol. The quantitative estimate of drug-likeness (QED) is 0.841. The summed E-state index contributed by atoms with van der Waals surface area (Å²) in [5.74, 6) is 0.645. The molecule has 0 saturated heterocycles. The van der Waals surface area contributed by atoms with Crippen LogP contribution in [0.2, 0.25) is 0 Å². The predicted molar refractivity (Wildman–Crippen MR) is 84.7 cm³/mol. The summed E-state index contributed by atoms with van der Waals surface area (Å²) in [5, 5.41) is 3.27. The van der Waals surface area contributed by atoms with Gasteiger partial charge < -0.3 is 5.32 Å². The molecule has 5 heteroatoms. The minimum Gasteiger partial charge on any atom is -0.366 e. The third-order valence-electron chi connectivity index (χ3n) is 3.83. The molecule has 0 atom stereocenters. The molecule has 1 aliphatic carbocycles. The number of benzene rings is 1. The summed E-state index contributed by atoms with van der Waals surface area (Å²) in [5.41, 5.74) is 2.97. The zero-order valence-electron chi connectivity index (χ0n) is 11.7. The van der Waals surface area contributed by atoms with Crippen LogP contribution in [-0.2, 0) is 19.4 Å². The highest BCUT2D eigenvalue weighted by atomic mass is 79.9. The maximum atomic E-state index is 13.8. The highest BCUT2D eigenvalue weighted by Gasteiger charge is 2.14. The lowest BCUT2D eigenvalue weighted by Gasteiger charge is -2.13. The average Bonchev–Trinajstić information content (AvgIpc) is 2.74. The zero-order chi connectivity index (χ0) is 14.7. The lowest BCUT2D eigenvalue weighted by atomic mass is 10.1. The van der Waals surface area contributed by atoms with Crippen molar-refractivity contribution in [2.75, 3.05) is 5.32 Å². The number of nitrogens with zero attached hydrogens (tertiary/aromatic N) is 2. The van der Waals surface area contributed by atoms with Crippen molar-refractivity contribution in [2.45, 2.75) is 38.6 Å². The summed E-state index contributed by atoms with van der Waals surface area (Å²) in [6.07, 6.45) is 7.20. The van der Waals surface area contributed by atoms with E-state index in [-0.39, 0.29) is 5.82 Å². The first kappa shape index (κ1) is 14.4. The summed E-state index contributed by atoms with van der Waals surface area (Å²) < 4.78 is 14.7. The van der Waals surface area contributed by atoms with Gasteiger partial charge in [0.1, 0.15) is 18.0 Å². The number of aryl methyl sites for hydroxylation is 1. The van der Waals surface area contributed by atoms with Crippen LogP contribution in [0, 0.1) is 5.82 Å². The molecule has 1 aromatic carbocycles. The molecule has 0 radical (unpaired) electrons. The Kier molecular flexibility index (Phi) is 4.48. The molecule has 1 aromatic heterocycles. The van der Waals surface area contributed by atoms with E-state index in [1.807, 2.05) is 0 Å². The van der Waals surface area contributed by atoms with Gasteiger partial charge in [-0.05, 0) is 43.9 Å². The van der Waals surface area contributed by atoms with E-state index >= 15 is 0 Å². The van der Waals surface area contributed by atoms with Gasteiger partial charge in [0.2, 0.25) is 0 Å². The third kappa shape index (κ3) is 3.40. The van der Waals surface area contributed by atoms with E-state index < -0.39 is 0 Å². The van der Waals surface area contributed by atoms with Crippen LogP contribution in [0.4, 0.5) is 10.2 Å². The van der Waals surface area contributed by atoms with Gasteiger partial charge in [0.05, 0.1) is 0 Å². The third-order valence-corrected chi connectivity index (χ3v) is 4.32. The van der Waals surface area contributed by atoms with E-state index in [0.29, 0.717) is 12.1 Å². The molecule has 2 aromatic rings. The molecular formula is C16H17BrFN3. The summed E-state index contributed by atoms with van der Waals surface area (Å²) in [7, 11) is 0. The normalized spacial score (nSPS) is 14.4. The fourth-order valence-electron chi connectivity index (χ4n) is 2.71. The van der Waals surface area contributed by atoms with Crippen LogP contribution < -0.4 is 5.32 Å². The van der Waals surface area contributed by atoms with Crippen molar-refractivity contribution in [1.29, 1.82) is 0 Å². The molecule has 0 bridgehead atoms. The lowest BCUT2D eigenvalue weighted by molar-refractivity contribution is 0.612. The minimum absolute atomic E-state index is 0.203. The second-order valence-electron chi connectivity index (χ2n) is 5.30. The first-order chi connectivity index (χ1) is 10.2. The van der Waals surface area contributed by atoms with Crippen LogP contribution in [0.1, 0.15) is 36.1 Å². The van der Waals surface area contributed by atoms with Crippen LogP contribution in [0.25, 0.3) is 0 Å². The van der Waals surface area contributed by atoms with E-state index in [2.05, 4.69) is 31.2 Å². The monoisotopic (exact) mass is 349 g/mol. The van der Waals surface area contributed by atoms with Crippen molar-refractivity contribution in [2.24, 2.45) is 0 Å². The molecule has 0 spiro atoms. The molecule has 1 heterocycles. The average molecular weight is 350 g/mol. The Balaban J connectivity index is 1.81. The largest absolute Gasteiger partial charge is 0.366 e. The highest BCUT2D eigenvalue weighted by Crippen LogP contribution is 2.24. The van der Waals surface area contributed by atoms with E-state index in [1.165, 1.54) is 30.9 Å². The van der Waals surface area contributed by atoms with Crippen molar-refractivity contribution in [1.82, 2.24) is 9.97 Å². The molecule has 21 heavy (non-hydrogen) atoms. The molecule has 1 N–H and O–H groups in total. The van der Waals surface area contributed by atoms with E-state index in [9.17, 15) is 4.39 Å².